The molecule has 0 aliphatic carbocycles. The predicted molar refractivity (Wildman–Crippen MR) is 89.4 cm³/mol. The van der Waals surface area contributed by atoms with E-state index in [4.69, 9.17) is 10.00 Å². The third kappa shape index (κ3) is 2.32. The van der Waals surface area contributed by atoms with Crippen LogP contribution in [0.5, 0.6) is 5.75 Å². The molecule has 110 valence electrons. The van der Waals surface area contributed by atoms with Crippen molar-refractivity contribution < 1.29 is 4.74 Å². The summed E-state index contributed by atoms with van der Waals surface area (Å²) in [5.41, 5.74) is 4.23. The van der Waals surface area contributed by atoms with Crippen LogP contribution in [0.3, 0.4) is 0 Å². The number of benzene rings is 2. The van der Waals surface area contributed by atoms with Gasteiger partial charge in [0.2, 0.25) is 0 Å². The zero-order chi connectivity index (χ0) is 15.7. The van der Waals surface area contributed by atoms with Crippen molar-refractivity contribution in [3.05, 3.63) is 41.5 Å². The van der Waals surface area contributed by atoms with E-state index in [1.165, 1.54) is 0 Å². The highest BCUT2D eigenvalue weighted by Crippen LogP contribution is 2.37. The summed E-state index contributed by atoms with van der Waals surface area (Å²) in [7, 11) is 1.63. The maximum absolute atomic E-state index is 8.98. The molecule has 0 radical (unpaired) electrons. The molecule has 0 amide bonds. The lowest BCUT2D eigenvalue weighted by atomic mass is 10.1. The van der Waals surface area contributed by atoms with Crippen LogP contribution >= 0.6 is 12.6 Å². The Labute approximate surface area is 134 Å². The van der Waals surface area contributed by atoms with E-state index in [9.17, 15) is 0 Å². The van der Waals surface area contributed by atoms with E-state index in [2.05, 4.69) is 35.6 Å². The first kappa shape index (κ1) is 14.5. The predicted octanol–water partition coefficient (Wildman–Crippen LogP) is 3.96. The first-order valence-electron chi connectivity index (χ1n) is 6.97. The number of aromatic amines is 1. The van der Waals surface area contributed by atoms with Crippen LogP contribution in [0.4, 0.5) is 0 Å². The van der Waals surface area contributed by atoms with E-state index in [-0.39, 0.29) is 0 Å². The number of imidazole rings is 1. The van der Waals surface area contributed by atoms with Crippen LogP contribution < -0.4 is 4.74 Å². The molecule has 22 heavy (non-hydrogen) atoms. The molecule has 2 aromatic carbocycles. The van der Waals surface area contributed by atoms with Crippen LogP contribution in [-0.4, -0.2) is 17.1 Å². The molecule has 0 bridgehead atoms. The molecule has 0 fully saturated rings. The van der Waals surface area contributed by atoms with Crippen LogP contribution in [0.15, 0.2) is 35.2 Å². The number of nitriles is 1. The number of nitrogens with one attached hydrogen (secondary N) is 1. The lowest BCUT2D eigenvalue weighted by Crippen LogP contribution is -1.94. The average Bonchev–Trinajstić information content (AvgIpc) is 2.97. The fourth-order valence-electron chi connectivity index (χ4n) is 2.49. The SMILES string of the molecule is CCc1ccc(-c2nc3cc(C#N)ccc3[nH]2)c(OC)c1S. The maximum atomic E-state index is 8.98. The third-order valence-electron chi connectivity index (χ3n) is 3.67. The molecule has 3 rings (SSSR count). The first-order chi connectivity index (χ1) is 10.7. The van der Waals surface area contributed by atoms with Gasteiger partial charge in [-0.3, -0.25) is 0 Å². The standard InChI is InChI=1S/C17H15N3OS/c1-3-11-5-6-12(15(21-2)16(11)22)17-19-13-7-4-10(9-18)8-14(13)20-17/h4-8,22H,3H2,1-2H3,(H,19,20). The van der Waals surface area contributed by atoms with Gasteiger partial charge in [0.05, 0.1) is 40.2 Å². The van der Waals surface area contributed by atoms with Gasteiger partial charge >= 0.3 is 0 Å². The van der Waals surface area contributed by atoms with Crippen molar-refractivity contribution in [1.29, 1.82) is 5.26 Å². The number of thiol groups is 1. The number of nitrogens with zero attached hydrogens (tertiary/aromatic N) is 2. The van der Waals surface area contributed by atoms with E-state index in [0.29, 0.717) is 17.1 Å². The fraction of sp³-hybridized carbons (Fsp3) is 0.176. The van der Waals surface area contributed by atoms with Gasteiger partial charge < -0.3 is 9.72 Å². The van der Waals surface area contributed by atoms with Gasteiger partial charge in [-0.2, -0.15) is 5.26 Å². The van der Waals surface area contributed by atoms with Gasteiger partial charge in [0.15, 0.2) is 0 Å². The molecule has 1 N–H and O–H groups in total. The van der Waals surface area contributed by atoms with Crippen molar-refractivity contribution in [1.82, 2.24) is 9.97 Å². The average molecular weight is 309 g/mol. The van der Waals surface area contributed by atoms with Crippen LogP contribution in [0.1, 0.15) is 18.1 Å². The molecule has 0 atom stereocenters. The van der Waals surface area contributed by atoms with E-state index in [1.54, 1.807) is 19.2 Å². The number of methoxy groups -OCH3 is 1. The molecular weight excluding hydrogens is 294 g/mol. The monoisotopic (exact) mass is 309 g/mol. The van der Waals surface area contributed by atoms with Gasteiger partial charge in [-0.05, 0) is 36.2 Å². The summed E-state index contributed by atoms with van der Waals surface area (Å²) < 4.78 is 5.53. The Morgan fingerprint density at radius 3 is 2.82 bits per heavy atom. The number of aromatic nitrogens is 2. The van der Waals surface area contributed by atoms with E-state index in [1.807, 2.05) is 18.2 Å². The summed E-state index contributed by atoms with van der Waals surface area (Å²) in [6.45, 7) is 2.08. The third-order valence-corrected chi connectivity index (χ3v) is 4.16. The Bertz CT molecular complexity index is 893. The Balaban J connectivity index is 2.19. The summed E-state index contributed by atoms with van der Waals surface area (Å²) in [6, 6.07) is 11.5. The minimum absolute atomic E-state index is 0.591. The molecule has 0 aliphatic rings. The molecular formula is C17H15N3OS. The summed E-state index contributed by atoms with van der Waals surface area (Å²) in [4.78, 5) is 8.68. The summed E-state index contributed by atoms with van der Waals surface area (Å²) in [5.74, 6) is 1.42. The zero-order valence-electron chi connectivity index (χ0n) is 12.3. The molecule has 0 unspecified atom stereocenters. The second-order valence-corrected chi connectivity index (χ2v) is 5.38. The van der Waals surface area contributed by atoms with Gasteiger partial charge in [-0.25, -0.2) is 4.98 Å². The second-order valence-electron chi connectivity index (χ2n) is 4.94. The van der Waals surface area contributed by atoms with Crippen molar-refractivity contribution in [2.45, 2.75) is 18.2 Å². The van der Waals surface area contributed by atoms with Crippen molar-refractivity contribution >= 4 is 23.7 Å². The molecule has 3 aromatic rings. The molecule has 0 spiro atoms. The van der Waals surface area contributed by atoms with Crippen LogP contribution in [0.25, 0.3) is 22.4 Å². The number of fused-ring (bicyclic) bond motifs is 1. The van der Waals surface area contributed by atoms with Crippen LogP contribution in [0.2, 0.25) is 0 Å². The van der Waals surface area contributed by atoms with Gasteiger partial charge in [0, 0.05) is 0 Å². The van der Waals surface area contributed by atoms with E-state index >= 15 is 0 Å². The van der Waals surface area contributed by atoms with E-state index in [0.717, 1.165) is 33.5 Å². The highest BCUT2D eigenvalue weighted by atomic mass is 32.1. The Hall–Kier alpha value is -2.45. The van der Waals surface area contributed by atoms with Crippen LogP contribution in [-0.2, 0) is 6.42 Å². The van der Waals surface area contributed by atoms with Gasteiger partial charge in [-0.1, -0.05) is 13.0 Å². The molecule has 0 saturated heterocycles. The molecule has 0 aliphatic heterocycles. The number of ether oxygens (including phenoxy) is 1. The fourth-order valence-corrected chi connectivity index (χ4v) is 2.94. The molecule has 5 heteroatoms. The maximum Gasteiger partial charge on any atom is 0.143 e. The molecule has 0 saturated carbocycles. The molecule has 4 nitrogen and oxygen atoms in total. The van der Waals surface area contributed by atoms with E-state index < -0.39 is 0 Å². The van der Waals surface area contributed by atoms with Gasteiger partial charge in [0.1, 0.15) is 11.6 Å². The number of aryl methyl sites for hydroxylation is 1. The number of hydrogen-bond acceptors (Lipinski definition) is 4. The Morgan fingerprint density at radius 2 is 2.14 bits per heavy atom. The lowest BCUT2D eigenvalue weighted by molar-refractivity contribution is 0.405. The van der Waals surface area contributed by atoms with Crippen molar-refractivity contribution in [2.24, 2.45) is 0 Å². The highest BCUT2D eigenvalue weighted by Gasteiger charge is 2.15. The lowest BCUT2D eigenvalue weighted by Gasteiger charge is -2.12. The van der Waals surface area contributed by atoms with Gasteiger partial charge in [-0.15, -0.1) is 12.6 Å². The summed E-state index contributed by atoms with van der Waals surface area (Å²) >= 11 is 4.58. The Kier molecular flexibility index (Phi) is 3.78. The number of hydrogen-bond donors (Lipinski definition) is 2. The highest BCUT2D eigenvalue weighted by molar-refractivity contribution is 7.80. The molecule has 1 aromatic heterocycles. The number of rotatable bonds is 3. The van der Waals surface area contributed by atoms with Crippen molar-refractivity contribution in [2.75, 3.05) is 7.11 Å². The minimum Gasteiger partial charge on any atom is -0.495 e. The topological polar surface area (TPSA) is 61.7 Å². The summed E-state index contributed by atoms with van der Waals surface area (Å²) in [6.07, 6.45) is 0.890. The quantitative estimate of drug-likeness (QED) is 0.720. The van der Waals surface area contributed by atoms with Crippen molar-refractivity contribution in [3.8, 4) is 23.2 Å². The number of H-pyrrole nitrogens is 1. The van der Waals surface area contributed by atoms with Crippen molar-refractivity contribution in [3.63, 3.8) is 0 Å². The summed E-state index contributed by atoms with van der Waals surface area (Å²) in [5, 5.41) is 8.98. The van der Waals surface area contributed by atoms with Gasteiger partial charge in [0.25, 0.3) is 0 Å². The normalized spacial score (nSPS) is 10.6. The largest absolute Gasteiger partial charge is 0.495 e. The zero-order valence-corrected chi connectivity index (χ0v) is 13.2. The minimum atomic E-state index is 0.591. The van der Waals surface area contributed by atoms with Crippen LogP contribution in [0, 0.1) is 11.3 Å². The Morgan fingerprint density at radius 1 is 1.32 bits per heavy atom. The second kappa shape index (κ2) is 5.74. The molecule has 1 heterocycles. The first-order valence-corrected chi connectivity index (χ1v) is 7.41. The smallest absolute Gasteiger partial charge is 0.143 e.